The Balaban J connectivity index is 4.25. The molecule has 0 N–H and O–H groups in total. The highest BCUT2D eigenvalue weighted by Gasteiger charge is 2.19. The van der Waals surface area contributed by atoms with Crippen LogP contribution in [0.25, 0.3) is 0 Å². The highest BCUT2D eigenvalue weighted by Crippen LogP contribution is 2.17. The Morgan fingerprint density at radius 1 is 0.253 bits per heavy atom. The topological polar surface area (TPSA) is 78.9 Å². The van der Waals surface area contributed by atoms with Gasteiger partial charge in [0.05, 0.1) is 0 Å². The molecule has 0 fully saturated rings. The molecule has 0 radical (unpaired) electrons. The average molecular weight is 1150 g/mol. The zero-order valence-corrected chi connectivity index (χ0v) is 54.2. The van der Waals surface area contributed by atoms with E-state index in [9.17, 15) is 14.4 Å². The Morgan fingerprint density at radius 3 is 0.819 bits per heavy atom. The summed E-state index contributed by atoms with van der Waals surface area (Å²) in [6.45, 7) is 6.33. The fourth-order valence-corrected chi connectivity index (χ4v) is 9.52. The Bertz CT molecular complexity index is 1750. The summed E-state index contributed by atoms with van der Waals surface area (Å²) in [5, 5.41) is 0. The number of hydrogen-bond acceptors (Lipinski definition) is 6. The van der Waals surface area contributed by atoms with Gasteiger partial charge in [0, 0.05) is 19.3 Å². The van der Waals surface area contributed by atoms with Crippen molar-refractivity contribution in [2.24, 2.45) is 0 Å². The molecule has 0 aliphatic rings. The summed E-state index contributed by atoms with van der Waals surface area (Å²) in [7, 11) is 0. The molecule has 0 aromatic carbocycles. The molecule has 0 aromatic heterocycles. The predicted octanol–water partition coefficient (Wildman–Crippen LogP) is 24.1. The van der Waals surface area contributed by atoms with Gasteiger partial charge in [-0.25, -0.2) is 0 Å². The van der Waals surface area contributed by atoms with Gasteiger partial charge in [0.2, 0.25) is 0 Å². The lowest BCUT2D eigenvalue weighted by Crippen LogP contribution is -2.30. The minimum absolute atomic E-state index is 0.115. The van der Waals surface area contributed by atoms with Crippen molar-refractivity contribution in [3.05, 3.63) is 134 Å². The van der Waals surface area contributed by atoms with Crippen molar-refractivity contribution in [2.75, 3.05) is 13.2 Å². The number of carbonyl (C=O) groups is 3. The van der Waals surface area contributed by atoms with Crippen molar-refractivity contribution in [2.45, 2.75) is 322 Å². The number of esters is 3. The van der Waals surface area contributed by atoms with Crippen LogP contribution in [0.4, 0.5) is 0 Å². The predicted molar refractivity (Wildman–Crippen MR) is 362 cm³/mol. The molecule has 0 bridgehead atoms. The number of rotatable bonds is 62. The molecule has 6 heteroatoms. The smallest absolute Gasteiger partial charge is 0.306 e. The first-order valence-corrected chi connectivity index (χ1v) is 34.7. The number of carbonyl (C=O) groups excluding carboxylic acids is 3. The summed E-state index contributed by atoms with van der Waals surface area (Å²) in [4.78, 5) is 38.3. The maximum absolute atomic E-state index is 12.9. The van der Waals surface area contributed by atoms with Gasteiger partial charge in [-0.1, -0.05) is 309 Å². The second-order valence-electron chi connectivity index (χ2n) is 22.7. The minimum Gasteiger partial charge on any atom is -0.462 e. The molecule has 0 saturated carbocycles. The zero-order chi connectivity index (χ0) is 59.9. The molecule has 0 aliphatic heterocycles. The second-order valence-corrected chi connectivity index (χ2v) is 22.7. The molecule has 0 aromatic rings. The van der Waals surface area contributed by atoms with Crippen molar-refractivity contribution in [3.8, 4) is 0 Å². The van der Waals surface area contributed by atoms with Crippen LogP contribution in [-0.4, -0.2) is 37.2 Å². The summed E-state index contributed by atoms with van der Waals surface area (Å²) in [6.07, 6.45) is 99.4. The zero-order valence-electron chi connectivity index (χ0n) is 54.2. The van der Waals surface area contributed by atoms with Crippen LogP contribution in [0, 0.1) is 0 Å². The standard InChI is InChI=1S/C77H128O6/c1-4-7-10-13-16-19-22-25-27-29-31-32-33-34-35-36-37-38-39-40-41-42-43-44-46-47-49-52-55-58-61-64-67-70-76(79)82-73-74(72-81-75(78)69-66-63-60-57-54-51-24-21-18-15-12-9-6-3)83-77(80)71-68-65-62-59-56-53-50-48-45-30-28-26-23-20-17-14-11-8-5-2/h8-9,11-12,17-18,20-22,25-26,28-29,31,45,48,51,53-54,56,60,63,74H,4-7,10,13-16,19,23-24,27,30,32-44,46-47,49-50,52,55,57-59,61-62,64-73H2,1-3H3/b11-8-,12-9-,20-17-,21-18-,25-22-,28-26-,31-29-,48-45-,54-51-,56-53-,63-60-. The SMILES string of the molecule is CC/C=C\C/C=C\C/C=C\C/C=C\C/C=C\CCCCCC(=O)OC(COC(=O)CC/C=C\C/C=C\C/C=C\C/C=C\CC)COC(=O)CCCCCCCCCCCCCCCCCCCCCCC/C=C\C/C=C\CCCCCCC. The van der Waals surface area contributed by atoms with E-state index in [-0.39, 0.29) is 44.0 Å². The third kappa shape index (κ3) is 68.2. The van der Waals surface area contributed by atoms with Crippen LogP contribution in [0.1, 0.15) is 316 Å². The first kappa shape index (κ1) is 78.5. The van der Waals surface area contributed by atoms with Gasteiger partial charge in [0.1, 0.15) is 13.2 Å². The molecule has 83 heavy (non-hydrogen) atoms. The first-order valence-electron chi connectivity index (χ1n) is 34.7. The lowest BCUT2D eigenvalue weighted by molar-refractivity contribution is -0.166. The van der Waals surface area contributed by atoms with Gasteiger partial charge in [-0.3, -0.25) is 14.4 Å². The van der Waals surface area contributed by atoms with E-state index in [1.54, 1.807) is 0 Å². The van der Waals surface area contributed by atoms with Gasteiger partial charge in [-0.2, -0.15) is 0 Å². The molecule has 0 amide bonds. The summed E-state index contributed by atoms with van der Waals surface area (Å²) in [5.74, 6) is -1.03. The van der Waals surface area contributed by atoms with Gasteiger partial charge in [-0.15, -0.1) is 0 Å². The van der Waals surface area contributed by atoms with Crippen LogP contribution < -0.4 is 0 Å². The van der Waals surface area contributed by atoms with Crippen molar-refractivity contribution >= 4 is 17.9 Å². The van der Waals surface area contributed by atoms with E-state index in [1.807, 2.05) is 6.08 Å². The highest BCUT2D eigenvalue weighted by atomic mass is 16.6. The van der Waals surface area contributed by atoms with Crippen LogP contribution >= 0.6 is 0 Å². The molecule has 0 aliphatic carbocycles. The number of ether oxygens (including phenoxy) is 3. The Morgan fingerprint density at radius 2 is 0.494 bits per heavy atom. The largest absolute Gasteiger partial charge is 0.462 e. The van der Waals surface area contributed by atoms with E-state index in [2.05, 4.69) is 148 Å². The molecule has 472 valence electrons. The fraction of sp³-hybridized carbons (Fsp3) is 0.675. The lowest BCUT2D eigenvalue weighted by atomic mass is 10.0. The van der Waals surface area contributed by atoms with Crippen molar-refractivity contribution in [3.63, 3.8) is 0 Å². The minimum atomic E-state index is -0.829. The average Bonchev–Trinajstić information content (AvgIpc) is 3.49. The van der Waals surface area contributed by atoms with Gasteiger partial charge < -0.3 is 14.2 Å². The van der Waals surface area contributed by atoms with E-state index >= 15 is 0 Å². The summed E-state index contributed by atoms with van der Waals surface area (Å²) >= 11 is 0. The van der Waals surface area contributed by atoms with E-state index in [0.29, 0.717) is 19.3 Å². The third-order valence-corrected chi connectivity index (χ3v) is 14.6. The summed E-state index contributed by atoms with van der Waals surface area (Å²) in [6, 6.07) is 0. The number of hydrogen-bond donors (Lipinski definition) is 0. The summed E-state index contributed by atoms with van der Waals surface area (Å²) < 4.78 is 16.8. The van der Waals surface area contributed by atoms with E-state index in [0.717, 1.165) is 103 Å². The van der Waals surface area contributed by atoms with Gasteiger partial charge >= 0.3 is 17.9 Å². The number of allylic oxidation sites excluding steroid dienone is 22. The Kier molecular flexibility index (Phi) is 66.3. The molecular weight excluding hydrogens is 1020 g/mol. The van der Waals surface area contributed by atoms with E-state index in [1.165, 1.54) is 161 Å². The van der Waals surface area contributed by atoms with Crippen LogP contribution in [0.3, 0.4) is 0 Å². The van der Waals surface area contributed by atoms with Crippen molar-refractivity contribution < 1.29 is 28.6 Å². The van der Waals surface area contributed by atoms with Crippen LogP contribution in [0.2, 0.25) is 0 Å². The first-order chi connectivity index (χ1) is 41.0. The molecular formula is C77H128O6. The van der Waals surface area contributed by atoms with Gasteiger partial charge in [-0.05, 0) is 122 Å². The van der Waals surface area contributed by atoms with E-state index < -0.39 is 6.10 Å². The second kappa shape index (κ2) is 70.0. The van der Waals surface area contributed by atoms with Crippen molar-refractivity contribution in [1.82, 2.24) is 0 Å². The lowest BCUT2D eigenvalue weighted by Gasteiger charge is -2.18. The normalized spacial score (nSPS) is 13.0. The van der Waals surface area contributed by atoms with Gasteiger partial charge in [0.15, 0.2) is 6.10 Å². The fourth-order valence-electron chi connectivity index (χ4n) is 9.52. The monoisotopic (exact) mass is 1150 g/mol. The van der Waals surface area contributed by atoms with Crippen molar-refractivity contribution in [1.29, 1.82) is 0 Å². The van der Waals surface area contributed by atoms with E-state index in [4.69, 9.17) is 14.2 Å². The van der Waals surface area contributed by atoms with Gasteiger partial charge in [0.25, 0.3) is 0 Å². The third-order valence-electron chi connectivity index (χ3n) is 14.6. The molecule has 6 nitrogen and oxygen atoms in total. The molecule has 1 atom stereocenters. The Hall–Kier alpha value is -4.45. The molecule has 0 heterocycles. The molecule has 0 rings (SSSR count). The van der Waals surface area contributed by atoms with Crippen LogP contribution in [0.5, 0.6) is 0 Å². The Labute approximate surface area is 513 Å². The maximum Gasteiger partial charge on any atom is 0.306 e. The number of unbranched alkanes of at least 4 members (excludes halogenated alkanes) is 29. The molecule has 1 unspecified atom stereocenters. The summed E-state index contributed by atoms with van der Waals surface area (Å²) in [5.41, 5.74) is 0. The molecule has 0 spiro atoms. The highest BCUT2D eigenvalue weighted by molar-refractivity contribution is 5.71. The maximum atomic E-state index is 12.9. The molecule has 0 saturated heterocycles. The van der Waals surface area contributed by atoms with Crippen LogP contribution in [0.15, 0.2) is 134 Å². The quantitative estimate of drug-likeness (QED) is 0.0261. The van der Waals surface area contributed by atoms with Crippen LogP contribution in [-0.2, 0) is 28.6 Å².